The summed E-state index contributed by atoms with van der Waals surface area (Å²) in [6.07, 6.45) is 2.45. The Kier molecular flexibility index (Phi) is 1.69. The molecule has 0 bridgehead atoms. The summed E-state index contributed by atoms with van der Waals surface area (Å²) in [6, 6.07) is 0. The van der Waals surface area contributed by atoms with Gasteiger partial charge in [-0.15, -0.1) is 5.92 Å². The number of hydrogen-bond acceptors (Lipinski definition) is 1. The topological polar surface area (TPSA) is 9.23 Å². The average Bonchev–Trinajstić information content (AvgIpc) is 1.69. The van der Waals surface area contributed by atoms with Crippen molar-refractivity contribution >= 4 is 0 Å². The van der Waals surface area contributed by atoms with Gasteiger partial charge in [-0.1, -0.05) is 6.42 Å². The van der Waals surface area contributed by atoms with Gasteiger partial charge >= 0.3 is 0 Å². The molecule has 0 aromatic carbocycles. The number of ether oxygens (including phenoxy) is 1. The Bertz CT molecular complexity index is 46.1. The molecule has 0 radical (unpaired) electrons. The molecule has 1 heterocycles. The number of rotatable bonds is 0. The highest BCUT2D eigenvalue weighted by Gasteiger charge is 2.00. The third-order valence-electron chi connectivity index (χ3n) is 1.25. The Labute approximate surface area is 44.7 Å². The third kappa shape index (κ3) is 1.48. The van der Waals surface area contributed by atoms with Gasteiger partial charge in [-0.2, -0.15) is 0 Å². The SMILES string of the molecule is [CH2-]C1CCCOC1. The third-order valence-corrected chi connectivity index (χ3v) is 1.25. The van der Waals surface area contributed by atoms with Crippen LogP contribution in [0.3, 0.4) is 0 Å². The van der Waals surface area contributed by atoms with Gasteiger partial charge in [0.2, 0.25) is 0 Å². The van der Waals surface area contributed by atoms with Crippen LogP contribution in [0.15, 0.2) is 0 Å². The summed E-state index contributed by atoms with van der Waals surface area (Å²) in [5, 5.41) is 0. The van der Waals surface area contributed by atoms with Gasteiger partial charge < -0.3 is 11.7 Å². The minimum Gasteiger partial charge on any atom is -0.384 e. The summed E-state index contributed by atoms with van der Waals surface area (Å²) >= 11 is 0. The van der Waals surface area contributed by atoms with Gasteiger partial charge in [-0.25, -0.2) is 0 Å². The molecule has 0 aromatic rings. The highest BCUT2D eigenvalue weighted by Crippen LogP contribution is 2.10. The van der Waals surface area contributed by atoms with Crippen molar-refractivity contribution in [2.45, 2.75) is 12.8 Å². The molecule has 1 heteroatoms. The predicted octanol–water partition coefficient (Wildman–Crippen LogP) is 1.25. The molecule has 0 saturated carbocycles. The Balaban J connectivity index is 2.12. The maximum atomic E-state index is 5.12. The molecule has 0 amide bonds. The van der Waals surface area contributed by atoms with Gasteiger partial charge in [0.1, 0.15) is 0 Å². The Morgan fingerprint density at radius 3 is 2.71 bits per heavy atom. The van der Waals surface area contributed by atoms with Crippen molar-refractivity contribution in [3.05, 3.63) is 6.92 Å². The first-order valence-electron chi connectivity index (χ1n) is 2.80. The van der Waals surface area contributed by atoms with Gasteiger partial charge in [-0.05, 0) is 6.42 Å². The number of hydrogen-bond donors (Lipinski definition) is 0. The fraction of sp³-hybridized carbons (Fsp3) is 0.833. The van der Waals surface area contributed by atoms with E-state index in [-0.39, 0.29) is 0 Å². The largest absolute Gasteiger partial charge is 0.384 e. The molecule has 1 aliphatic heterocycles. The van der Waals surface area contributed by atoms with Gasteiger partial charge in [0, 0.05) is 13.2 Å². The van der Waals surface area contributed by atoms with Crippen LogP contribution in [-0.2, 0) is 4.74 Å². The Morgan fingerprint density at radius 2 is 2.43 bits per heavy atom. The Morgan fingerprint density at radius 1 is 1.57 bits per heavy atom. The van der Waals surface area contributed by atoms with E-state index in [1.165, 1.54) is 12.8 Å². The van der Waals surface area contributed by atoms with Crippen LogP contribution in [-0.4, -0.2) is 13.2 Å². The lowest BCUT2D eigenvalue weighted by Gasteiger charge is -2.22. The molecule has 1 saturated heterocycles. The van der Waals surface area contributed by atoms with Crippen LogP contribution in [0, 0.1) is 12.8 Å². The zero-order valence-electron chi connectivity index (χ0n) is 4.52. The van der Waals surface area contributed by atoms with Crippen LogP contribution in [0.4, 0.5) is 0 Å². The standard InChI is InChI=1S/C6H11O/c1-6-3-2-4-7-5-6/h6H,1-5H2/q-1. The smallest absolute Gasteiger partial charge is 0.0464 e. The maximum absolute atomic E-state index is 5.12. The van der Waals surface area contributed by atoms with Crippen molar-refractivity contribution < 1.29 is 4.74 Å². The molecule has 0 aromatic heterocycles. The van der Waals surface area contributed by atoms with Gasteiger partial charge in [0.25, 0.3) is 0 Å². The fourth-order valence-corrected chi connectivity index (χ4v) is 0.807. The molecule has 0 aliphatic carbocycles. The van der Waals surface area contributed by atoms with Crippen molar-refractivity contribution in [1.82, 2.24) is 0 Å². The summed E-state index contributed by atoms with van der Waals surface area (Å²) in [4.78, 5) is 0. The molecular weight excluding hydrogens is 88.1 g/mol. The molecule has 0 spiro atoms. The van der Waals surface area contributed by atoms with E-state index >= 15 is 0 Å². The predicted molar refractivity (Wildman–Crippen MR) is 28.9 cm³/mol. The van der Waals surface area contributed by atoms with Crippen molar-refractivity contribution in [2.24, 2.45) is 5.92 Å². The molecule has 1 nitrogen and oxygen atoms in total. The molecular formula is C6H11O-. The van der Waals surface area contributed by atoms with Crippen LogP contribution in [0.25, 0.3) is 0 Å². The van der Waals surface area contributed by atoms with Crippen LogP contribution in [0.1, 0.15) is 12.8 Å². The lowest BCUT2D eigenvalue weighted by molar-refractivity contribution is 0.0701. The van der Waals surface area contributed by atoms with Crippen LogP contribution >= 0.6 is 0 Å². The van der Waals surface area contributed by atoms with Crippen molar-refractivity contribution in [3.63, 3.8) is 0 Å². The van der Waals surface area contributed by atoms with Crippen molar-refractivity contribution in [3.8, 4) is 0 Å². The van der Waals surface area contributed by atoms with E-state index in [1.54, 1.807) is 0 Å². The van der Waals surface area contributed by atoms with E-state index in [2.05, 4.69) is 6.92 Å². The van der Waals surface area contributed by atoms with Gasteiger partial charge in [0.15, 0.2) is 0 Å². The summed E-state index contributed by atoms with van der Waals surface area (Å²) in [7, 11) is 0. The summed E-state index contributed by atoms with van der Waals surface area (Å²) in [5.41, 5.74) is 0. The Hall–Kier alpha value is -0.0400. The maximum Gasteiger partial charge on any atom is 0.0464 e. The van der Waals surface area contributed by atoms with Crippen molar-refractivity contribution in [1.29, 1.82) is 0 Å². The van der Waals surface area contributed by atoms with Gasteiger partial charge in [-0.3, -0.25) is 0 Å². The molecule has 1 fully saturated rings. The highest BCUT2D eigenvalue weighted by atomic mass is 16.5. The molecule has 1 atom stereocenters. The molecule has 0 N–H and O–H groups in total. The van der Waals surface area contributed by atoms with E-state index < -0.39 is 0 Å². The van der Waals surface area contributed by atoms with E-state index in [0.717, 1.165) is 13.2 Å². The first-order chi connectivity index (χ1) is 3.39. The first kappa shape index (κ1) is 5.10. The first-order valence-corrected chi connectivity index (χ1v) is 2.80. The molecule has 1 aliphatic rings. The summed E-state index contributed by atoms with van der Waals surface area (Å²) in [6.45, 7) is 5.70. The van der Waals surface area contributed by atoms with Crippen LogP contribution in [0.2, 0.25) is 0 Å². The summed E-state index contributed by atoms with van der Waals surface area (Å²) < 4.78 is 5.12. The van der Waals surface area contributed by atoms with Crippen LogP contribution in [0.5, 0.6) is 0 Å². The second kappa shape index (κ2) is 2.31. The second-order valence-corrected chi connectivity index (χ2v) is 2.08. The highest BCUT2D eigenvalue weighted by molar-refractivity contribution is 4.63. The van der Waals surface area contributed by atoms with Gasteiger partial charge in [0.05, 0.1) is 0 Å². The van der Waals surface area contributed by atoms with Crippen molar-refractivity contribution in [2.75, 3.05) is 13.2 Å². The van der Waals surface area contributed by atoms with E-state index in [9.17, 15) is 0 Å². The minimum absolute atomic E-state index is 0.564. The van der Waals surface area contributed by atoms with E-state index in [1.807, 2.05) is 0 Å². The monoisotopic (exact) mass is 99.1 g/mol. The quantitative estimate of drug-likeness (QED) is 0.415. The normalized spacial score (nSPS) is 33.0. The van der Waals surface area contributed by atoms with Crippen LogP contribution < -0.4 is 0 Å². The lowest BCUT2D eigenvalue weighted by atomic mass is 10.1. The molecule has 42 valence electrons. The second-order valence-electron chi connectivity index (χ2n) is 2.08. The minimum atomic E-state index is 0.564. The fourth-order valence-electron chi connectivity index (χ4n) is 0.807. The zero-order valence-corrected chi connectivity index (χ0v) is 4.52. The molecule has 1 rings (SSSR count). The zero-order chi connectivity index (χ0) is 5.11. The summed E-state index contributed by atoms with van der Waals surface area (Å²) in [5.74, 6) is 0.564. The average molecular weight is 99.2 g/mol. The van der Waals surface area contributed by atoms with E-state index in [0.29, 0.717) is 5.92 Å². The molecule has 1 unspecified atom stereocenters. The lowest BCUT2D eigenvalue weighted by Crippen LogP contribution is -2.13. The molecule has 7 heavy (non-hydrogen) atoms. The van der Waals surface area contributed by atoms with E-state index in [4.69, 9.17) is 4.74 Å².